The van der Waals surface area contributed by atoms with E-state index in [0.29, 0.717) is 0 Å². The maximum absolute atomic E-state index is 9.41. The molecule has 0 aliphatic heterocycles. The predicted octanol–water partition coefficient (Wildman–Crippen LogP) is 2.76. The summed E-state index contributed by atoms with van der Waals surface area (Å²) in [6.45, 7) is 1.99. The van der Waals surface area contributed by atoms with Crippen LogP contribution in [0.15, 0.2) is 28.7 Å². The Labute approximate surface area is 81.6 Å². The number of hydrogen-bond acceptors (Lipinski definition) is 1. The highest BCUT2D eigenvalue weighted by molar-refractivity contribution is 9.10. The van der Waals surface area contributed by atoms with Crippen LogP contribution in [0.4, 0.5) is 0 Å². The molecule has 0 saturated heterocycles. The van der Waals surface area contributed by atoms with Crippen molar-refractivity contribution in [3.8, 4) is 0 Å². The SMILES string of the molecule is CC[C@H](O)Cc1ccccc1Br. The zero-order valence-corrected chi connectivity index (χ0v) is 8.71. The monoisotopic (exact) mass is 228 g/mol. The smallest absolute Gasteiger partial charge is 0.0578 e. The third kappa shape index (κ3) is 2.61. The number of aliphatic hydroxyl groups excluding tert-OH is 1. The summed E-state index contributed by atoms with van der Waals surface area (Å²) >= 11 is 3.44. The molecule has 0 aromatic heterocycles. The minimum absolute atomic E-state index is 0.219. The van der Waals surface area contributed by atoms with Crippen molar-refractivity contribution in [2.24, 2.45) is 0 Å². The Morgan fingerprint density at radius 1 is 1.42 bits per heavy atom. The summed E-state index contributed by atoms with van der Waals surface area (Å²) in [5.74, 6) is 0. The second kappa shape index (κ2) is 4.63. The van der Waals surface area contributed by atoms with E-state index in [2.05, 4.69) is 15.9 Å². The van der Waals surface area contributed by atoms with Gasteiger partial charge in [0.15, 0.2) is 0 Å². The second-order valence-corrected chi connectivity index (χ2v) is 3.71. The first kappa shape index (κ1) is 9.75. The van der Waals surface area contributed by atoms with Crippen molar-refractivity contribution in [3.05, 3.63) is 34.3 Å². The Hall–Kier alpha value is -0.340. The van der Waals surface area contributed by atoms with Crippen LogP contribution < -0.4 is 0 Å². The molecule has 0 unspecified atom stereocenters. The lowest BCUT2D eigenvalue weighted by Crippen LogP contribution is -2.08. The number of benzene rings is 1. The summed E-state index contributed by atoms with van der Waals surface area (Å²) < 4.78 is 1.08. The van der Waals surface area contributed by atoms with Crippen LogP contribution >= 0.6 is 15.9 Å². The molecular weight excluding hydrogens is 216 g/mol. The Balaban J connectivity index is 2.69. The summed E-state index contributed by atoms with van der Waals surface area (Å²) in [5.41, 5.74) is 1.17. The maximum atomic E-state index is 9.41. The van der Waals surface area contributed by atoms with E-state index in [1.807, 2.05) is 31.2 Å². The normalized spacial score (nSPS) is 12.9. The number of halogens is 1. The topological polar surface area (TPSA) is 20.2 Å². The molecule has 2 heteroatoms. The first-order valence-corrected chi connectivity index (χ1v) is 4.94. The molecule has 0 spiro atoms. The first-order chi connectivity index (χ1) is 5.74. The fourth-order valence-electron chi connectivity index (χ4n) is 1.06. The molecule has 1 aromatic rings. The average Bonchev–Trinajstić information content (AvgIpc) is 2.09. The van der Waals surface area contributed by atoms with Gasteiger partial charge >= 0.3 is 0 Å². The van der Waals surface area contributed by atoms with Crippen LogP contribution in [0.25, 0.3) is 0 Å². The van der Waals surface area contributed by atoms with Crippen molar-refractivity contribution in [2.75, 3.05) is 0 Å². The summed E-state index contributed by atoms with van der Waals surface area (Å²) in [4.78, 5) is 0. The van der Waals surface area contributed by atoms with E-state index >= 15 is 0 Å². The first-order valence-electron chi connectivity index (χ1n) is 4.15. The van der Waals surface area contributed by atoms with Gasteiger partial charge in [-0.25, -0.2) is 0 Å². The minimum atomic E-state index is -0.219. The van der Waals surface area contributed by atoms with Crippen LogP contribution in [0.5, 0.6) is 0 Å². The highest BCUT2D eigenvalue weighted by Gasteiger charge is 2.04. The number of aliphatic hydroxyl groups is 1. The molecule has 1 rings (SSSR count). The van der Waals surface area contributed by atoms with E-state index in [4.69, 9.17) is 0 Å². The van der Waals surface area contributed by atoms with E-state index in [1.165, 1.54) is 5.56 Å². The van der Waals surface area contributed by atoms with Crippen molar-refractivity contribution in [3.63, 3.8) is 0 Å². The van der Waals surface area contributed by atoms with Gasteiger partial charge in [0, 0.05) is 4.47 Å². The van der Waals surface area contributed by atoms with Gasteiger partial charge in [-0.15, -0.1) is 0 Å². The molecule has 0 amide bonds. The summed E-state index contributed by atoms with van der Waals surface area (Å²) in [7, 11) is 0. The van der Waals surface area contributed by atoms with E-state index in [-0.39, 0.29) is 6.10 Å². The lowest BCUT2D eigenvalue weighted by atomic mass is 10.1. The van der Waals surface area contributed by atoms with E-state index in [1.54, 1.807) is 0 Å². The molecule has 1 nitrogen and oxygen atoms in total. The van der Waals surface area contributed by atoms with Gasteiger partial charge in [-0.1, -0.05) is 41.1 Å². The van der Waals surface area contributed by atoms with Crippen LogP contribution in [-0.2, 0) is 6.42 Å². The van der Waals surface area contributed by atoms with Crippen molar-refractivity contribution >= 4 is 15.9 Å². The fourth-order valence-corrected chi connectivity index (χ4v) is 1.51. The van der Waals surface area contributed by atoms with Gasteiger partial charge < -0.3 is 5.11 Å². The summed E-state index contributed by atoms with van der Waals surface area (Å²) in [6, 6.07) is 8.00. The molecule has 1 aromatic carbocycles. The Morgan fingerprint density at radius 2 is 2.08 bits per heavy atom. The van der Waals surface area contributed by atoms with Gasteiger partial charge in [0.05, 0.1) is 6.10 Å². The standard InChI is InChI=1S/C10H13BrO/c1-2-9(12)7-8-5-3-4-6-10(8)11/h3-6,9,12H,2,7H2,1H3/t9-/m0/s1. The zero-order valence-electron chi connectivity index (χ0n) is 7.13. The van der Waals surface area contributed by atoms with Crippen molar-refractivity contribution in [1.82, 2.24) is 0 Å². The largest absolute Gasteiger partial charge is 0.393 e. The van der Waals surface area contributed by atoms with Crippen molar-refractivity contribution in [1.29, 1.82) is 0 Å². The molecule has 0 bridgehead atoms. The second-order valence-electron chi connectivity index (χ2n) is 2.86. The van der Waals surface area contributed by atoms with Crippen LogP contribution in [0.1, 0.15) is 18.9 Å². The molecule has 0 aliphatic rings. The van der Waals surface area contributed by atoms with E-state index < -0.39 is 0 Å². The quantitative estimate of drug-likeness (QED) is 0.844. The third-order valence-corrected chi connectivity index (χ3v) is 2.66. The van der Waals surface area contributed by atoms with Crippen molar-refractivity contribution < 1.29 is 5.11 Å². The molecule has 66 valence electrons. The zero-order chi connectivity index (χ0) is 8.97. The lowest BCUT2D eigenvalue weighted by molar-refractivity contribution is 0.170. The van der Waals surface area contributed by atoms with E-state index in [0.717, 1.165) is 17.3 Å². The third-order valence-electron chi connectivity index (χ3n) is 1.88. The highest BCUT2D eigenvalue weighted by atomic mass is 79.9. The van der Waals surface area contributed by atoms with Gasteiger partial charge in [-0.2, -0.15) is 0 Å². The van der Waals surface area contributed by atoms with Crippen LogP contribution in [0.2, 0.25) is 0 Å². The molecule has 0 radical (unpaired) electrons. The van der Waals surface area contributed by atoms with Gasteiger partial charge in [0.25, 0.3) is 0 Å². The number of rotatable bonds is 3. The van der Waals surface area contributed by atoms with Gasteiger partial charge in [-0.05, 0) is 24.5 Å². The Morgan fingerprint density at radius 3 is 2.67 bits per heavy atom. The van der Waals surface area contributed by atoms with Crippen LogP contribution in [-0.4, -0.2) is 11.2 Å². The fraction of sp³-hybridized carbons (Fsp3) is 0.400. The lowest BCUT2D eigenvalue weighted by Gasteiger charge is -2.08. The van der Waals surface area contributed by atoms with Crippen LogP contribution in [0, 0.1) is 0 Å². The maximum Gasteiger partial charge on any atom is 0.0578 e. The molecule has 12 heavy (non-hydrogen) atoms. The van der Waals surface area contributed by atoms with Gasteiger partial charge in [0.2, 0.25) is 0 Å². The molecular formula is C10H13BrO. The minimum Gasteiger partial charge on any atom is -0.393 e. The molecule has 0 heterocycles. The Bertz CT molecular complexity index is 247. The molecule has 0 aliphatic carbocycles. The molecule has 0 fully saturated rings. The molecule has 0 saturated carbocycles. The molecule has 1 N–H and O–H groups in total. The Kier molecular flexibility index (Phi) is 3.76. The molecule has 1 atom stereocenters. The summed E-state index contributed by atoms with van der Waals surface area (Å²) in [6.07, 6.45) is 1.32. The average molecular weight is 229 g/mol. The highest BCUT2D eigenvalue weighted by Crippen LogP contribution is 2.17. The predicted molar refractivity (Wildman–Crippen MR) is 54.1 cm³/mol. The summed E-state index contributed by atoms with van der Waals surface area (Å²) in [5, 5.41) is 9.41. The van der Waals surface area contributed by atoms with Crippen molar-refractivity contribution in [2.45, 2.75) is 25.9 Å². The van der Waals surface area contributed by atoms with Gasteiger partial charge in [0.1, 0.15) is 0 Å². The van der Waals surface area contributed by atoms with E-state index in [9.17, 15) is 5.11 Å². The van der Waals surface area contributed by atoms with Gasteiger partial charge in [-0.3, -0.25) is 0 Å². The number of hydrogen-bond donors (Lipinski definition) is 1. The van der Waals surface area contributed by atoms with Crippen LogP contribution in [0.3, 0.4) is 0 Å².